The average molecular weight is 520 g/mol. The number of carbonyl (C=O) groups excluding carboxylic acids is 2. The fourth-order valence-corrected chi connectivity index (χ4v) is 3.37. The third-order valence-corrected chi connectivity index (χ3v) is 5.08. The van der Waals surface area contributed by atoms with Gasteiger partial charge in [-0.15, -0.1) is 0 Å². The van der Waals surface area contributed by atoms with Gasteiger partial charge in [-0.2, -0.15) is 0 Å². The number of amides is 3. The van der Waals surface area contributed by atoms with Crippen molar-refractivity contribution in [3.8, 4) is 17.1 Å². The molecule has 0 spiro atoms. The van der Waals surface area contributed by atoms with Crippen molar-refractivity contribution >= 4 is 31.3 Å². The lowest BCUT2D eigenvalue weighted by molar-refractivity contribution is 0.131. The van der Waals surface area contributed by atoms with E-state index < -0.39 is 19.9 Å². The fourth-order valence-electron chi connectivity index (χ4n) is 3.01. The van der Waals surface area contributed by atoms with Gasteiger partial charge in [0, 0.05) is 30.4 Å². The maximum absolute atomic E-state index is 12.5. The molecular formula is C22H25N4O9P. The van der Waals surface area contributed by atoms with Crippen LogP contribution in [0, 0.1) is 0 Å². The third-order valence-electron chi connectivity index (χ3n) is 4.56. The van der Waals surface area contributed by atoms with Crippen molar-refractivity contribution in [1.29, 1.82) is 0 Å². The number of nitrogens with zero attached hydrogens (tertiary/aromatic N) is 1. The Labute approximate surface area is 206 Å². The zero-order valence-corrected chi connectivity index (χ0v) is 20.1. The number of hydrogen-bond acceptors (Lipinski definition) is 8. The summed E-state index contributed by atoms with van der Waals surface area (Å²) in [5.41, 5.74) is 2.39. The lowest BCUT2D eigenvalue weighted by Gasteiger charge is -2.12. The Morgan fingerprint density at radius 2 is 1.86 bits per heavy atom. The van der Waals surface area contributed by atoms with Gasteiger partial charge in [-0.3, -0.25) is 4.52 Å². The van der Waals surface area contributed by atoms with Crippen LogP contribution in [0.5, 0.6) is 5.75 Å². The van der Waals surface area contributed by atoms with Crippen LogP contribution in [0.3, 0.4) is 0 Å². The predicted molar refractivity (Wildman–Crippen MR) is 128 cm³/mol. The largest absolute Gasteiger partial charge is 0.496 e. The molecule has 2 aromatic carbocycles. The number of carbonyl (C=O) groups is 2. The van der Waals surface area contributed by atoms with Gasteiger partial charge in [-0.25, -0.2) is 19.1 Å². The molecule has 1 aromatic heterocycles. The smallest absolute Gasteiger partial charge is 0.469 e. The number of ether oxygens (including phenoxy) is 2. The molecule has 0 aliphatic rings. The molecule has 0 radical (unpaired) electrons. The monoisotopic (exact) mass is 520 g/mol. The van der Waals surface area contributed by atoms with Gasteiger partial charge < -0.3 is 39.6 Å². The van der Waals surface area contributed by atoms with Crippen molar-refractivity contribution in [3.63, 3.8) is 0 Å². The standard InChI is InChI=1S/C22H25N4O9P/c1-32-19-11-17(6-7-18(19)20-13-23-14-34-20)26-21(27)25-16-5-2-4-15(10-16)12-24-22(28)33-8-3-9-35-36(29,30)31/h2,4-7,10-11,13-14H,3,8-9,12H2,1H3,(H,24,28)(H2,25,26,27)(H2,29,30,31). The van der Waals surface area contributed by atoms with Crippen LogP contribution in [-0.2, 0) is 20.4 Å². The van der Waals surface area contributed by atoms with E-state index >= 15 is 0 Å². The third kappa shape index (κ3) is 8.71. The number of anilines is 2. The van der Waals surface area contributed by atoms with Crippen LogP contribution < -0.4 is 20.7 Å². The molecule has 5 N–H and O–H groups in total. The first-order valence-corrected chi connectivity index (χ1v) is 12.1. The second-order valence-corrected chi connectivity index (χ2v) is 8.47. The van der Waals surface area contributed by atoms with Crippen LogP contribution in [-0.4, -0.2) is 47.2 Å². The van der Waals surface area contributed by atoms with Gasteiger partial charge >= 0.3 is 19.9 Å². The molecule has 0 fully saturated rings. The highest BCUT2D eigenvalue weighted by molar-refractivity contribution is 7.46. The maximum Gasteiger partial charge on any atom is 0.469 e. The summed E-state index contributed by atoms with van der Waals surface area (Å²) in [4.78, 5) is 45.3. The van der Waals surface area contributed by atoms with E-state index in [9.17, 15) is 14.2 Å². The van der Waals surface area contributed by atoms with E-state index in [0.717, 1.165) is 0 Å². The highest BCUT2D eigenvalue weighted by Gasteiger charge is 2.13. The summed E-state index contributed by atoms with van der Waals surface area (Å²) in [6.07, 6.45) is 2.30. The number of oxazole rings is 1. The number of phosphoric acid groups is 1. The molecule has 0 bridgehead atoms. The van der Waals surface area contributed by atoms with Gasteiger partial charge in [0.25, 0.3) is 0 Å². The van der Waals surface area contributed by atoms with Crippen LogP contribution in [0.25, 0.3) is 11.3 Å². The molecule has 3 amide bonds. The van der Waals surface area contributed by atoms with E-state index in [1.54, 1.807) is 48.7 Å². The molecule has 36 heavy (non-hydrogen) atoms. The van der Waals surface area contributed by atoms with E-state index in [-0.39, 0.29) is 26.2 Å². The van der Waals surface area contributed by atoms with Gasteiger partial charge in [-0.1, -0.05) is 12.1 Å². The number of phosphoric ester groups is 1. The van der Waals surface area contributed by atoms with Crippen molar-refractivity contribution in [2.75, 3.05) is 31.0 Å². The second-order valence-electron chi connectivity index (χ2n) is 7.23. The topological polar surface area (TPSA) is 181 Å². The van der Waals surface area contributed by atoms with Crippen molar-refractivity contribution in [3.05, 3.63) is 60.6 Å². The maximum atomic E-state index is 12.5. The quantitative estimate of drug-likeness (QED) is 0.185. The number of nitrogens with one attached hydrogen (secondary N) is 3. The number of hydrogen-bond donors (Lipinski definition) is 5. The fraction of sp³-hybridized carbons (Fsp3) is 0.227. The highest BCUT2D eigenvalue weighted by Crippen LogP contribution is 2.35. The van der Waals surface area contributed by atoms with Crippen LogP contribution in [0.4, 0.5) is 21.0 Å². The summed E-state index contributed by atoms with van der Waals surface area (Å²) >= 11 is 0. The van der Waals surface area contributed by atoms with Crippen molar-refractivity contribution in [2.24, 2.45) is 0 Å². The Morgan fingerprint density at radius 3 is 2.56 bits per heavy atom. The summed E-state index contributed by atoms with van der Waals surface area (Å²) in [6, 6.07) is 11.5. The molecule has 3 rings (SSSR count). The molecule has 14 heteroatoms. The Bertz CT molecular complexity index is 1210. The Morgan fingerprint density at radius 1 is 1.08 bits per heavy atom. The SMILES string of the molecule is COc1cc(NC(=O)Nc2cccc(CNC(=O)OCCCOP(=O)(O)O)c2)ccc1-c1cnco1. The van der Waals surface area contributed by atoms with Gasteiger partial charge in [0.05, 0.1) is 32.1 Å². The Kier molecular flexibility index (Phi) is 9.42. The lowest BCUT2D eigenvalue weighted by Crippen LogP contribution is -2.24. The van der Waals surface area contributed by atoms with Gasteiger partial charge in [-0.05, 0) is 29.8 Å². The first-order chi connectivity index (χ1) is 17.2. The van der Waals surface area contributed by atoms with Gasteiger partial charge in [0.15, 0.2) is 12.2 Å². The minimum atomic E-state index is -4.53. The van der Waals surface area contributed by atoms with Crippen LogP contribution in [0.15, 0.2) is 59.5 Å². The van der Waals surface area contributed by atoms with Crippen LogP contribution >= 0.6 is 7.82 Å². The first-order valence-electron chi connectivity index (χ1n) is 10.6. The summed E-state index contributed by atoms with van der Waals surface area (Å²) in [6.45, 7) is -0.182. The summed E-state index contributed by atoms with van der Waals surface area (Å²) < 4.78 is 30.4. The average Bonchev–Trinajstić information content (AvgIpc) is 3.36. The molecule has 3 aromatic rings. The molecule has 1 heterocycles. The number of aromatic nitrogens is 1. The van der Waals surface area contributed by atoms with E-state index in [4.69, 9.17) is 23.7 Å². The molecule has 0 saturated carbocycles. The number of benzene rings is 2. The van der Waals surface area contributed by atoms with Gasteiger partial charge in [0.1, 0.15) is 5.75 Å². The minimum Gasteiger partial charge on any atom is -0.496 e. The van der Waals surface area contributed by atoms with Crippen molar-refractivity contribution < 1.29 is 42.4 Å². The first kappa shape index (κ1) is 26.7. The molecular weight excluding hydrogens is 495 g/mol. The summed E-state index contributed by atoms with van der Waals surface area (Å²) in [7, 11) is -3.03. The summed E-state index contributed by atoms with van der Waals surface area (Å²) in [5, 5.41) is 7.99. The zero-order valence-electron chi connectivity index (χ0n) is 19.2. The molecule has 192 valence electrons. The Hall–Kier alpha value is -3.90. The van der Waals surface area contributed by atoms with Crippen molar-refractivity contribution in [2.45, 2.75) is 13.0 Å². The van der Waals surface area contributed by atoms with Gasteiger partial charge in [0.2, 0.25) is 0 Å². The zero-order chi connectivity index (χ0) is 26.0. The summed E-state index contributed by atoms with van der Waals surface area (Å²) in [5.74, 6) is 1.03. The number of methoxy groups -OCH3 is 1. The number of alkyl carbamates (subject to hydrolysis) is 1. The van der Waals surface area contributed by atoms with Crippen LogP contribution in [0.2, 0.25) is 0 Å². The molecule has 0 atom stereocenters. The molecule has 0 unspecified atom stereocenters. The van der Waals surface area contributed by atoms with Crippen molar-refractivity contribution in [1.82, 2.24) is 10.3 Å². The minimum absolute atomic E-state index is 0.0717. The predicted octanol–water partition coefficient (Wildman–Crippen LogP) is 3.72. The Balaban J connectivity index is 1.46. The van der Waals surface area contributed by atoms with E-state index in [0.29, 0.717) is 34.0 Å². The molecule has 13 nitrogen and oxygen atoms in total. The molecule has 0 aliphatic heterocycles. The lowest BCUT2D eigenvalue weighted by atomic mass is 10.1. The number of rotatable bonds is 11. The van der Waals surface area contributed by atoms with E-state index in [1.807, 2.05) is 0 Å². The molecule has 0 aliphatic carbocycles. The normalized spacial score (nSPS) is 11.0. The second kappa shape index (κ2) is 12.7. The van der Waals surface area contributed by atoms with E-state index in [1.165, 1.54) is 13.5 Å². The highest BCUT2D eigenvalue weighted by atomic mass is 31.2. The molecule has 0 saturated heterocycles. The van der Waals surface area contributed by atoms with E-state index in [2.05, 4.69) is 25.5 Å². The number of urea groups is 1. The van der Waals surface area contributed by atoms with Crippen LogP contribution in [0.1, 0.15) is 12.0 Å².